The first kappa shape index (κ1) is 9.69. The maximum atomic E-state index is 12.0. The fourth-order valence-electron chi connectivity index (χ4n) is 3.37. The topological polar surface area (TPSA) is 54.4 Å². The highest BCUT2D eigenvalue weighted by Gasteiger charge is 2.68. The van der Waals surface area contributed by atoms with Crippen molar-refractivity contribution >= 4 is 11.8 Å². The van der Waals surface area contributed by atoms with Crippen LogP contribution >= 0.6 is 0 Å². The van der Waals surface area contributed by atoms with Crippen LogP contribution in [0.4, 0.5) is 0 Å². The summed E-state index contributed by atoms with van der Waals surface area (Å²) in [7, 11) is 0. The van der Waals surface area contributed by atoms with Gasteiger partial charge in [0.25, 0.3) is 0 Å². The zero-order valence-corrected chi connectivity index (χ0v) is 8.83. The highest BCUT2D eigenvalue weighted by Crippen LogP contribution is 2.65. The number of fused-ring (bicyclic) bond motifs is 2. The Morgan fingerprint density at radius 2 is 2.00 bits per heavy atom. The normalized spacial score (nSPS) is 44.4. The summed E-state index contributed by atoms with van der Waals surface area (Å²) in [4.78, 5) is 23.0. The van der Waals surface area contributed by atoms with Gasteiger partial charge in [-0.05, 0) is 24.2 Å². The molecule has 2 rings (SSSR count). The van der Waals surface area contributed by atoms with Gasteiger partial charge in [-0.15, -0.1) is 0 Å². The first-order valence-electron chi connectivity index (χ1n) is 5.09. The third kappa shape index (κ3) is 0.787. The zero-order valence-electron chi connectivity index (χ0n) is 8.83. The summed E-state index contributed by atoms with van der Waals surface area (Å²) in [6.45, 7) is 6.00. The Bertz CT molecular complexity index is 318. The molecule has 3 atom stereocenters. The van der Waals surface area contributed by atoms with E-state index in [0.29, 0.717) is 0 Å². The highest BCUT2D eigenvalue weighted by atomic mass is 16.4. The van der Waals surface area contributed by atoms with Gasteiger partial charge in [-0.2, -0.15) is 0 Å². The summed E-state index contributed by atoms with van der Waals surface area (Å²) in [6, 6.07) is 0. The second-order valence-corrected chi connectivity index (χ2v) is 5.38. The first-order valence-corrected chi connectivity index (χ1v) is 5.09. The van der Waals surface area contributed by atoms with Crippen molar-refractivity contribution in [2.24, 2.45) is 22.7 Å². The van der Waals surface area contributed by atoms with E-state index in [1.165, 1.54) is 0 Å². The molecule has 0 radical (unpaired) electrons. The van der Waals surface area contributed by atoms with E-state index in [2.05, 4.69) is 0 Å². The van der Waals surface area contributed by atoms with E-state index in [0.717, 1.165) is 12.8 Å². The van der Waals surface area contributed by atoms with Crippen molar-refractivity contribution in [3.63, 3.8) is 0 Å². The van der Waals surface area contributed by atoms with Crippen LogP contribution in [0.15, 0.2) is 0 Å². The molecule has 0 aromatic heterocycles. The lowest BCUT2D eigenvalue weighted by Gasteiger charge is -2.32. The van der Waals surface area contributed by atoms with Crippen molar-refractivity contribution in [1.82, 2.24) is 0 Å². The molecule has 0 heterocycles. The predicted octanol–water partition coefficient (Wildman–Crippen LogP) is 1.71. The van der Waals surface area contributed by atoms with Crippen LogP contribution in [0, 0.1) is 22.7 Å². The maximum Gasteiger partial charge on any atom is 0.314 e. The predicted molar refractivity (Wildman–Crippen MR) is 50.7 cm³/mol. The van der Waals surface area contributed by atoms with Crippen LogP contribution in [-0.2, 0) is 9.59 Å². The van der Waals surface area contributed by atoms with E-state index < -0.39 is 17.3 Å². The molecule has 3 heteroatoms. The minimum atomic E-state index is -0.934. The van der Waals surface area contributed by atoms with Gasteiger partial charge in [0.15, 0.2) is 5.78 Å². The van der Waals surface area contributed by atoms with Crippen molar-refractivity contribution < 1.29 is 14.7 Å². The summed E-state index contributed by atoms with van der Waals surface area (Å²) >= 11 is 0. The molecular weight excluding hydrogens is 180 g/mol. The first-order chi connectivity index (χ1) is 6.32. The number of carboxylic acids is 1. The molecule has 2 aliphatic carbocycles. The second kappa shape index (κ2) is 2.38. The molecule has 3 nitrogen and oxygen atoms in total. The van der Waals surface area contributed by atoms with E-state index in [4.69, 9.17) is 5.11 Å². The molecule has 0 saturated heterocycles. The number of carbonyl (C=O) groups excluding carboxylic acids is 1. The Morgan fingerprint density at radius 3 is 2.29 bits per heavy atom. The Hall–Kier alpha value is -0.860. The van der Waals surface area contributed by atoms with Crippen LogP contribution < -0.4 is 0 Å². The number of aliphatic carboxylic acids is 1. The lowest BCUT2D eigenvalue weighted by molar-refractivity contribution is -0.149. The second-order valence-electron chi connectivity index (χ2n) is 5.38. The van der Waals surface area contributed by atoms with E-state index in [9.17, 15) is 9.59 Å². The molecule has 0 amide bonds. The van der Waals surface area contributed by atoms with Gasteiger partial charge in [-0.1, -0.05) is 20.8 Å². The van der Waals surface area contributed by atoms with Gasteiger partial charge in [0, 0.05) is 5.41 Å². The van der Waals surface area contributed by atoms with Crippen LogP contribution in [0.3, 0.4) is 0 Å². The van der Waals surface area contributed by atoms with Gasteiger partial charge in [-0.25, -0.2) is 0 Å². The number of Topliss-reactive ketones (excluding diaryl/α,β-unsaturated/α-hetero) is 1. The number of carboxylic acid groups (broad SMARTS) is 1. The number of carbonyl (C=O) groups is 2. The Kier molecular flexibility index (Phi) is 1.65. The summed E-state index contributed by atoms with van der Waals surface area (Å²) in [5.41, 5.74) is -0.548. The van der Waals surface area contributed by atoms with Crippen LogP contribution in [-0.4, -0.2) is 16.9 Å². The van der Waals surface area contributed by atoms with Crippen LogP contribution in [0.1, 0.15) is 33.6 Å². The average molecular weight is 196 g/mol. The van der Waals surface area contributed by atoms with Crippen molar-refractivity contribution in [2.45, 2.75) is 33.6 Å². The van der Waals surface area contributed by atoms with Crippen molar-refractivity contribution in [1.29, 1.82) is 0 Å². The maximum absolute atomic E-state index is 12.0. The molecule has 14 heavy (non-hydrogen) atoms. The minimum Gasteiger partial charge on any atom is -0.481 e. The number of rotatable bonds is 1. The largest absolute Gasteiger partial charge is 0.481 e. The van der Waals surface area contributed by atoms with Crippen molar-refractivity contribution in [2.75, 3.05) is 0 Å². The quantitative estimate of drug-likeness (QED) is 0.649. The monoisotopic (exact) mass is 196 g/mol. The number of hydrogen-bond donors (Lipinski definition) is 1. The van der Waals surface area contributed by atoms with Gasteiger partial charge in [0.2, 0.25) is 0 Å². The Labute approximate surface area is 83.5 Å². The highest BCUT2D eigenvalue weighted by molar-refractivity contribution is 6.04. The summed E-state index contributed by atoms with van der Waals surface area (Å²) in [6.07, 6.45) is 1.74. The fourth-order valence-corrected chi connectivity index (χ4v) is 3.37. The summed E-state index contributed by atoms with van der Waals surface area (Å²) in [5, 5.41) is 9.03. The van der Waals surface area contributed by atoms with Gasteiger partial charge in [0.05, 0.1) is 0 Å². The SMILES string of the molecule is CC1(C)[C@H]2CC[C@]1(C)C(=O)[C@H]2C(=O)O. The smallest absolute Gasteiger partial charge is 0.314 e. The minimum absolute atomic E-state index is 0.0394. The average Bonchev–Trinajstić information content (AvgIpc) is 2.35. The van der Waals surface area contributed by atoms with Crippen LogP contribution in [0.5, 0.6) is 0 Å². The van der Waals surface area contributed by atoms with Gasteiger partial charge in [-0.3, -0.25) is 9.59 Å². The molecule has 1 N–H and O–H groups in total. The fraction of sp³-hybridized carbons (Fsp3) is 0.818. The van der Waals surface area contributed by atoms with Gasteiger partial charge in [0.1, 0.15) is 5.92 Å². The van der Waals surface area contributed by atoms with E-state index >= 15 is 0 Å². The van der Waals surface area contributed by atoms with Crippen LogP contribution in [0.2, 0.25) is 0 Å². The van der Waals surface area contributed by atoms with E-state index in [-0.39, 0.29) is 17.1 Å². The molecule has 0 aliphatic heterocycles. The molecule has 2 fully saturated rings. The third-order valence-electron chi connectivity index (χ3n) is 4.80. The molecule has 78 valence electrons. The molecule has 0 aromatic carbocycles. The van der Waals surface area contributed by atoms with Gasteiger partial charge >= 0.3 is 5.97 Å². The van der Waals surface area contributed by atoms with E-state index in [1.54, 1.807) is 0 Å². The zero-order chi connectivity index (χ0) is 10.7. The van der Waals surface area contributed by atoms with Gasteiger partial charge < -0.3 is 5.11 Å². The summed E-state index contributed by atoms with van der Waals surface area (Å²) < 4.78 is 0. The standard InChI is InChI=1S/C11H16O3/c1-10(2)6-4-5-11(10,3)8(12)7(6)9(13)14/h6-7H,4-5H2,1-3H3,(H,13,14)/t6-,7-,11+/m0/s1. The Morgan fingerprint density at radius 1 is 1.43 bits per heavy atom. The molecule has 0 unspecified atom stereocenters. The molecule has 2 saturated carbocycles. The number of ketones is 1. The molecular formula is C11H16O3. The lowest BCUT2D eigenvalue weighted by Crippen LogP contribution is -2.35. The lowest BCUT2D eigenvalue weighted by atomic mass is 9.70. The Balaban J connectivity index is 2.49. The molecule has 0 aromatic rings. The summed E-state index contributed by atoms with van der Waals surface area (Å²) in [5.74, 6) is -1.69. The van der Waals surface area contributed by atoms with E-state index in [1.807, 2.05) is 20.8 Å². The van der Waals surface area contributed by atoms with Crippen LogP contribution in [0.25, 0.3) is 0 Å². The number of hydrogen-bond acceptors (Lipinski definition) is 2. The van der Waals surface area contributed by atoms with Crippen molar-refractivity contribution in [3.8, 4) is 0 Å². The molecule has 2 bridgehead atoms. The molecule has 0 spiro atoms. The van der Waals surface area contributed by atoms with Crippen molar-refractivity contribution in [3.05, 3.63) is 0 Å². The molecule has 2 aliphatic rings. The third-order valence-corrected chi connectivity index (χ3v) is 4.80.